The average molecular weight is 323 g/mol. The van der Waals surface area contributed by atoms with Gasteiger partial charge in [-0.25, -0.2) is 0 Å². The number of rotatable bonds is 2. The van der Waals surface area contributed by atoms with E-state index in [1.165, 1.54) is 11.3 Å². The maximum Gasteiger partial charge on any atom is 0.189 e. The van der Waals surface area contributed by atoms with Crippen molar-refractivity contribution in [2.75, 3.05) is 0 Å². The molecule has 0 saturated heterocycles. The van der Waals surface area contributed by atoms with Crippen molar-refractivity contribution in [1.29, 1.82) is 5.26 Å². The van der Waals surface area contributed by atoms with E-state index in [1.54, 1.807) is 13.0 Å². The summed E-state index contributed by atoms with van der Waals surface area (Å²) in [6, 6.07) is 3.65. The van der Waals surface area contributed by atoms with Crippen LogP contribution in [-0.4, -0.2) is 5.78 Å². The molecule has 0 amide bonds. The highest BCUT2D eigenvalue weighted by Gasteiger charge is 2.17. The van der Waals surface area contributed by atoms with E-state index in [2.05, 4.69) is 31.9 Å². The van der Waals surface area contributed by atoms with Gasteiger partial charge in [-0.3, -0.25) is 4.79 Å². The number of ketones is 1. The molecule has 0 aromatic carbocycles. The molecule has 0 spiro atoms. The Morgan fingerprint density at radius 1 is 1.69 bits per heavy atom. The smallest absolute Gasteiger partial charge is 0.189 e. The van der Waals surface area contributed by atoms with Crippen LogP contribution in [0.5, 0.6) is 0 Å². The van der Waals surface area contributed by atoms with E-state index in [-0.39, 0.29) is 5.78 Å². The van der Waals surface area contributed by atoms with Crippen molar-refractivity contribution < 1.29 is 4.79 Å². The van der Waals surface area contributed by atoms with Crippen LogP contribution < -0.4 is 0 Å². The predicted octanol–water partition coefficient (Wildman–Crippen LogP) is 3.62. The highest BCUT2D eigenvalue weighted by atomic mass is 79.9. The lowest BCUT2D eigenvalue weighted by Gasteiger charge is -1.95. The Labute approximate surface area is 96.8 Å². The van der Waals surface area contributed by atoms with Gasteiger partial charge in [0.15, 0.2) is 5.78 Å². The number of halogens is 2. The van der Waals surface area contributed by atoms with Gasteiger partial charge in [0.2, 0.25) is 0 Å². The lowest BCUT2D eigenvalue weighted by atomic mass is 10.1. The van der Waals surface area contributed by atoms with Crippen LogP contribution in [0.4, 0.5) is 0 Å². The fourth-order valence-electron chi connectivity index (χ4n) is 0.740. The highest BCUT2D eigenvalue weighted by Crippen LogP contribution is 2.33. The van der Waals surface area contributed by atoms with Crippen molar-refractivity contribution in [3.05, 3.63) is 19.2 Å². The van der Waals surface area contributed by atoms with Crippen LogP contribution in [-0.2, 0) is 0 Å². The molecule has 2 nitrogen and oxygen atoms in total. The molecular weight excluding hydrogens is 318 g/mol. The molecule has 5 heteroatoms. The number of carbonyl (C=O) groups excluding carboxylic acids is 1. The lowest BCUT2D eigenvalue weighted by Crippen LogP contribution is -2.06. The minimum absolute atomic E-state index is 0.126. The van der Waals surface area contributed by atoms with Crippen molar-refractivity contribution in [3.8, 4) is 6.07 Å². The number of hydrogen-bond acceptors (Lipinski definition) is 3. The fraction of sp³-hybridized carbons (Fsp3) is 0.250. The molecule has 1 aromatic rings. The molecule has 68 valence electrons. The zero-order valence-corrected chi connectivity index (χ0v) is 10.7. The summed E-state index contributed by atoms with van der Waals surface area (Å²) in [5.41, 5.74) is 0. The fourth-order valence-corrected chi connectivity index (χ4v) is 2.80. The molecule has 0 bridgehead atoms. The van der Waals surface area contributed by atoms with Crippen molar-refractivity contribution in [3.63, 3.8) is 0 Å². The van der Waals surface area contributed by atoms with Gasteiger partial charge in [-0.05, 0) is 44.8 Å². The second kappa shape index (κ2) is 4.36. The third kappa shape index (κ3) is 2.39. The first kappa shape index (κ1) is 10.9. The van der Waals surface area contributed by atoms with Gasteiger partial charge < -0.3 is 0 Å². The van der Waals surface area contributed by atoms with Crippen molar-refractivity contribution in [1.82, 2.24) is 0 Å². The Balaban J connectivity index is 2.97. The zero-order chi connectivity index (χ0) is 10.0. The molecular formula is C8H5Br2NOS. The van der Waals surface area contributed by atoms with Gasteiger partial charge in [0.1, 0.15) is 5.92 Å². The normalized spacial score (nSPS) is 12.2. The lowest BCUT2D eigenvalue weighted by molar-refractivity contribution is 0.0960. The first-order valence-electron chi connectivity index (χ1n) is 3.45. The molecule has 0 N–H and O–H groups in total. The Morgan fingerprint density at radius 3 is 2.69 bits per heavy atom. The van der Waals surface area contributed by atoms with Crippen LogP contribution >= 0.6 is 43.2 Å². The minimum atomic E-state index is -0.572. The summed E-state index contributed by atoms with van der Waals surface area (Å²) in [5.74, 6) is -0.698. The molecule has 0 saturated carbocycles. The van der Waals surface area contributed by atoms with Gasteiger partial charge in [-0.2, -0.15) is 5.26 Å². The third-order valence-electron chi connectivity index (χ3n) is 1.47. The van der Waals surface area contributed by atoms with Crippen LogP contribution in [0.3, 0.4) is 0 Å². The van der Waals surface area contributed by atoms with E-state index in [0.29, 0.717) is 4.88 Å². The molecule has 1 unspecified atom stereocenters. The summed E-state index contributed by atoms with van der Waals surface area (Å²) in [6.45, 7) is 1.60. The van der Waals surface area contributed by atoms with Crippen LogP contribution in [0.2, 0.25) is 0 Å². The molecule has 13 heavy (non-hydrogen) atoms. The van der Waals surface area contributed by atoms with Gasteiger partial charge >= 0.3 is 0 Å². The third-order valence-corrected chi connectivity index (χ3v) is 4.75. The molecule has 0 fully saturated rings. The van der Waals surface area contributed by atoms with E-state index in [1.807, 2.05) is 6.07 Å². The maximum atomic E-state index is 11.5. The Morgan fingerprint density at radius 2 is 2.31 bits per heavy atom. The monoisotopic (exact) mass is 321 g/mol. The summed E-state index contributed by atoms with van der Waals surface area (Å²) >= 11 is 7.91. The van der Waals surface area contributed by atoms with Gasteiger partial charge in [-0.1, -0.05) is 0 Å². The van der Waals surface area contributed by atoms with Crippen molar-refractivity contribution in [2.45, 2.75) is 6.92 Å². The summed E-state index contributed by atoms with van der Waals surface area (Å²) in [6.07, 6.45) is 0. The second-order valence-electron chi connectivity index (χ2n) is 2.45. The van der Waals surface area contributed by atoms with Crippen molar-refractivity contribution >= 4 is 49.0 Å². The number of thiophene rings is 1. The number of nitrogens with zero attached hydrogens (tertiary/aromatic N) is 1. The van der Waals surface area contributed by atoms with E-state index in [9.17, 15) is 4.79 Å². The van der Waals surface area contributed by atoms with Gasteiger partial charge in [0.25, 0.3) is 0 Å². The SMILES string of the molecule is CC(C#N)C(=O)c1cc(Br)c(Br)s1. The average Bonchev–Trinajstić information content (AvgIpc) is 2.44. The Hall–Kier alpha value is -0.180. The first-order valence-corrected chi connectivity index (χ1v) is 5.85. The van der Waals surface area contributed by atoms with E-state index in [4.69, 9.17) is 5.26 Å². The largest absolute Gasteiger partial charge is 0.292 e. The van der Waals surface area contributed by atoms with E-state index in [0.717, 1.165) is 8.26 Å². The molecule has 1 heterocycles. The molecule has 0 aliphatic heterocycles. The molecule has 0 aliphatic rings. The van der Waals surface area contributed by atoms with E-state index >= 15 is 0 Å². The topological polar surface area (TPSA) is 40.9 Å². The summed E-state index contributed by atoms with van der Waals surface area (Å²) in [4.78, 5) is 12.1. The number of carbonyl (C=O) groups is 1. The van der Waals surface area contributed by atoms with Crippen LogP contribution in [0, 0.1) is 17.2 Å². The summed E-state index contributed by atoms with van der Waals surface area (Å²) in [7, 11) is 0. The first-order chi connectivity index (χ1) is 6.06. The molecule has 0 radical (unpaired) electrons. The standard InChI is InChI=1S/C8H5Br2NOS/c1-4(3-11)7(12)6-2-5(9)8(10)13-6/h2,4H,1H3. The molecule has 0 aliphatic carbocycles. The number of nitriles is 1. The van der Waals surface area contributed by atoms with Gasteiger partial charge in [0.05, 0.1) is 14.7 Å². The predicted molar refractivity (Wildman–Crippen MR) is 58.8 cm³/mol. The summed E-state index contributed by atoms with van der Waals surface area (Å²) < 4.78 is 1.73. The number of hydrogen-bond donors (Lipinski definition) is 0. The van der Waals surface area contributed by atoms with Gasteiger partial charge in [0, 0.05) is 4.47 Å². The highest BCUT2D eigenvalue weighted by molar-refractivity contribution is 9.13. The number of Topliss-reactive ketones (excluding diaryl/α,β-unsaturated/α-hetero) is 1. The van der Waals surface area contributed by atoms with Crippen LogP contribution in [0.15, 0.2) is 14.3 Å². The Kier molecular flexibility index (Phi) is 3.65. The molecule has 1 rings (SSSR count). The van der Waals surface area contributed by atoms with Crippen molar-refractivity contribution in [2.24, 2.45) is 5.92 Å². The molecule has 1 aromatic heterocycles. The quantitative estimate of drug-likeness (QED) is 0.780. The summed E-state index contributed by atoms with van der Waals surface area (Å²) in [5, 5.41) is 8.55. The maximum absolute atomic E-state index is 11.5. The van der Waals surface area contributed by atoms with Crippen LogP contribution in [0.1, 0.15) is 16.6 Å². The Bertz CT molecular complexity index is 360. The molecule has 1 atom stereocenters. The minimum Gasteiger partial charge on any atom is -0.292 e. The second-order valence-corrected chi connectivity index (χ2v) is 5.67. The van der Waals surface area contributed by atoms with E-state index < -0.39 is 5.92 Å². The zero-order valence-electron chi connectivity index (χ0n) is 6.67. The van der Waals surface area contributed by atoms with Gasteiger partial charge in [-0.15, -0.1) is 11.3 Å². The van der Waals surface area contributed by atoms with Crippen LogP contribution in [0.25, 0.3) is 0 Å².